The van der Waals surface area contributed by atoms with Crippen LogP contribution in [0.15, 0.2) is 24.3 Å². The van der Waals surface area contributed by atoms with Gasteiger partial charge in [-0.2, -0.15) is 0 Å². The van der Waals surface area contributed by atoms with Crippen molar-refractivity contribution in [1.82, 2.24) is 10.2 Å². The summed E-state index contributed by atoms with van der Waals surface area (Å²) >= 11 is 6.29. The van der Waals surface area contributed by atoms with Crippen molar-refractivity contribution < 1.29 is 4.74 Å². The Kier molecular flexibility index (Phi) is 6.49. The molecule has 0 amide bonds. The second-order valence-electron chi connectivity index (χ2n) is 5.90. The van der Waals surface area contributed by atoms with Crippen molar-refractivity contribution in [3.63, 3.8) is 0 Å². The van der Waals surface area contributed by atoms with Gasteiger partial charge in [0.1, 0.15) is 0 Å². The maximum atomic E-state index is 6.29. The number of nitrogens with one attached hydrogen (secondary N) is 1. The van der Waals surface area contributed by atoms with Crippen LogP contribution >= 0.6 is 11.6 Å². The molecule has 1 N–H and O–H groups in total. The highest BCUT2D eigenvalue weighted by molar-refractivity contribution is 6.31. The summed E-state index contributed by atoms with van der Waals surface area (Å²) in [5.74, 6) is 0. The first-order valence-electron chi connectivity index (χ1n) is 7.92. The predicted octanol–water partition coefficient (Wildman–Crippen LogP) is 3.49. The minimum atomic E-state index is 0.301. The lowest BCUT2D eigenvalue weighted by atomic mass is 10.1. The average Bonchev–Trinajstić information content (AvgIpc) is 2.92. The highest BCUT2D eigenvalue weighted by Crippen LogP contribution is 2.28. The van der Waals surface area contributed by atoms with Crippen LogP contribution in [0.3, 0.4) is 0 Å². The molecule has 0 radical (unpaired) electrons. The maximum absolute atomic E-state index is 6.29. The Bertz CT molecular complexity index is 441. The maximum Gasteiger partial charge on any atom is 0.0707 e. The van der Waals surface area contributed by atoms with Gasteiger partial charge in [-0.05, 0) is 45.0 Å². The van der Waals surface area contributed by atoms with E-state index in [2.05, 4.69) is 37.2 Å². The first-order valence-corrected chi connectivity index (χ1v) is 8.30. The largest absolute Gasteiger partial charge is 0.372 e. The molecule has 2 rings (SSSR count). The normalized spacial score (nSPS) is 23.7. The van der Waals surface area contributed by atoms with E-state index >= 15 is 0 Å². The van der Waals surface area contributed by atoms with Crippen molar-refractivity contribution in [3.05, 3.63) is 34.9 Å². The molecule has 0 aromatic heterocycles. The fourth-order valence-electron chi connectivity index (χ4n) is 2.90. The lowest BCUT2D eigenvalue weighted by Crippen LogP contribution is -2.33. The molecule has 0 spiro atoms. The third-order valence-corrected chi connectivity index (χ3v) is 4.67. The number of halogens is 1. The molecular formula is C17H27ClN2O. The second kappa shape index (κ2) is 8.14. The van der Waals surface area contributed by atoms with Crippen LogP contribution in [0.5, 0.6) is 0 Å². The van der Waals surface area contributed by atoms with Gasteiger partial charge >= 0.3 is 0 Å². The highest BCUT2D eigenvalue weighted by atomic mass is 35.5. The molecule has 21 heavy (non-hydrogen) atoms. The number of hydrogen-bond donors (Lipinski definition) is 1. The van der Waals surface area contributed by atoms with Gasteiger partial charge in [-0.3, -0.25) is 4.90 Å². The minimum Gasteiger partial charge on any atom is -0.372 e. The van der Waals surface area contributed by atoms with E-state index in [4.69, 9.17) is 16.3 Å². The van der Waals surface area contributed by atoms with Crippen molar-refractivity contribution >= 4 is 11.6 Å². The van der Waals surface area contributed by atoms with Gasteiger partial charge in [0.05, 0.1) is 12.2 Å². The number of likely N-dealkylation sites (N-methyl/N-ethyl adjacent to an activating group) is 2. The van der Waals surface area contributed by atoms with E-state index in [1.807, 2.05) is 18.2 Å². The van der Waals surface area contributed by atoms with Crippen LogP contribution in [-0.2, 0) is 4.74 Å². The Balaban J connectivity index is 1.84. The van der Waals surface area contributed by atoms with E-state index in [0.717, 1.165) is 37.5 Å². The van der Waals surface area contributed by atoms with Crippen molar-refractivity contribution in [2.45, 2.75) is 44.9 Å². The summed E-state index contributed by atoms with van der Waals surface area (Å²) < 4.78 is 6.11. The predicted molar refractivity (Wildman–Crippen MR) is 88.9 cm³/mol. The number of nitrogens with zero attached hydrogens (tertiary/aromatic N) is 1. The molecule has 1 saturated heterocycles. The zero-order chi connectivity index (χ0) is 15.2. The molecule has 118 valence electrons. The van der Waals surface area contributed by atoms with Crippen LogP contribution in [0, 0.1) is 0 Å². The van der Waals surface area contributed by atoms with Crippen molar-refractivity contribution in [3.8, 4) is 0 Å². The van der Waals surface area contributed by atoms with Crippen LogP contribution in [-0.4, -0.2) is 43.8 Å². The summed E-state index contributed by atoms with van der Waals surface area (Å²) in [6, 6.07) is 8.39. The fraction of sp³-hybridized carbons (Fsp3) is 0.647. The van der Waals surface area contributed by atoms with Crippen molar-refractivity contribution in [2.75, 3.05) is 26.7 Å². The fourth-order valence-corrected chi connectivity index (χ4v) is 3.19. The first kappa shape index (κ1) is 16.8. The molecule has 1 aliphatic rings. The van der Waals surface area contributed by atoms with E-state index in [9.17, 15) is 0 Å². The Morgan fingerprint density at radius 3 is 2.76 bits per heavy atom. The summed E-state index contributed by atoms with van der Waals surface area (Å²) in [7, 11) is 2.15. The molecule has 4 heteroatoms. The minimum absolute atomic E-state index is 0.301. The smallest absolute Gasteiger partial charge is 0.0707 e. The van der Waals surface area contributed by atoms with Crippen LogP contribution in [0.1, 0.15) is 38.3 Å². The highest BCUT2D eigenvalue weighted by Gasteiger charge is 2.27. The van der Waals surface area contributed by atoms with Crippen LogP contribution < -0.4 is 5.32 Å². The molecule has 1 aliphatic heterocycles. The van der Waals surface area contributed by atoms with E-state index < -0.39 is 0 Å². The lowest BCUT2D eigenvalue weighted by molar-refractivity contribution is 0.0219. The topological polar surface area (TPSA) is 24.5 Å². The average molecular weight is 311 g/mol. The molecule has 1 fully saturated rings. The SMILES string of the molecule is CCNCC1CCC(CN(C)C(C)c2ccccc2Cl)O1. The molecule has 3 atom stereocenters. The molecule has 1 aromatic carbocycles. The van der Waals surface area contributed by atoms with Crippen molar-refractivity contribution in [2.24, 2.45) is 0 Å². The summed E-state index contributed by atoms with van der Waals surface area (Å²) in [5.41, 5.74) is 1.18. The molecular weight excluding hydrogens is 284 g/mol. The second-order valence-corrected chi connectivity index (χ2v) is 6.31. The van der Waals surface area contributed by atoms with Gasteiger partial charge in [0.2, 0.25) is 0 Å². The molecule has 0 saturated carbocycles. The molecule has 0 bridgehead atoms. The number of rotatable bonds is 7. The first-order chi connectivity index (χ1) is 10.1. The Labute approximate surface area is 133 Å². The van der Waals surface area contributed by atoms with Gasteiger partial charge in [-0.15, -0.1) is 0 Å². The Morgan fingerprint density at radius 1 is 1.33 bits per heavy atom. The van der Waals surface area contributed by atoms with Gasteiger partial charge in [0.15, 0.2) is 0 Å². The van der Waals surface area contributed by atoms with Gasteiger partial charge in [0, 0.05) is 24.2 Å². The lowest BCUT2D eigenvalue weighted by Gasteiger charge is -2.28. The number of hydrogen-bond acceptors (Lipinski definition) is 3. The third kappa shape index (κ3) is 4.68. The molecule has 3 unspecified atom stereocenters. The molecule has 3 nitrogen and oxygen atoms in total. The standard InChI is InChI=1S/C17H27ClN2O/c1-4-19-11-14-9-10-15(21-14)12-20(3)13(2)16-7-5-6-8-17(16)18/h5-8,13-15,19H,4,9-12H2,1-3H3. The van der Waals surface area contributed by atoms with Crippen LogP contribution in [0.2, 0.25) is 5.02 Å². The van der Waals surface area contributed by atoms with Crippen molar-refractivity contribution in [1.29, 1.82) is 0 Å². The monoisotopic (exact) mass is 310 g/mol. The zero-order valence-electron chi connectivity index (χ0n) is 13.3. The quantitative estimate of drug-likeness (QED) is 0.834. The zero-order valence-corrected chi connectivity index (χ0v) is 14.1. The molecule has 0 aliphatic carbocycles. The van der Waals surface area contributed by atoms with E-state index in [1.54, 1.807) is 0 Å². The van der Waals surface area contributed by atoms with Gasteiger partial charge in [0.25, 0.3) is 0 Å². The number of benzene rings is 1. The summed E-state index contributed by atoms with van der Waals surface area (Å²) in [6.45, 7) is 7.26. The van der Waals surface area contributed by atoms with Gasteiger partial charge < -0.3 is 10.1 Å². The summed E-state index contributed by atoms with van der Waals surface area (Å²) in [5, 5.41) is 4.21. The van der Waals surface area contributed by atoms with Gasteiger partial charge in [-0.1, -0.05) is 36.7 Å². The third-order valence-electron chi connectivity index (χ3n) is 4.33. The van der Waals surface area contributed by atoms with E-state index in [-0.39, 0.29) is 0 Å². The van der Waals surface area contributed by atoms with E-state index in [1.165, 1.54) is 5.56 Å². The van der Waals surface area contributed by atoms with Crippen LogP contribution in [0.25, 0.3) is 0 Å². The Hall–Kier alpha value is -0.610. The Morgan fingerprint density at radius 2 is 2.05 bits per heavy atom. The van der Waals surface area contributed by atoms with E-state index in [0.29, 0.717) is 18.2 Å². The van der Waals surface area contributed by atoms with Crippen LogP contribution in [0.4, 0.5) is 0 Å². The molecule has 1 aromatic rings. The summed E-state index contributed by atoms with van der Waals surface area (Å²) in [6.07, 6.45) is 3.02. The summed E-state index contributed by atoms with van der Waals surface area (Å²) in [4.78, 5) is 2.33. The van der Waals surface area contributed by atoms with Gasteiger partial charge in [-0.25, -0.2) is 0 Å². The molecule has 1 heterocycles. The number of ether oxygens (including phenoxy) is 1.